The normalized spacial score (nSPS) is 10.4. The average Bonchev–Trinajstić information content (AvgIpc) is 3.08. The van der Waals surface area contributed by atoms with Gasteiger partial charge in [-0.2, -0.15) is 5.10 Å². The molecule has 10 heteroatoms. The molecule has 3 rings (SSSR count). The van der Waals surface area contributed by atoms with E-state index in [1.807, 2.05) is 6.07 Å². The second-order valence-electron chi connectivity index (χ2n) is 5.51. The van der Waals surface area contributed by atoms with Gasteiger partial charge in [0.2, 0.25) is 0 Å². The number of aromatic hydroxyl groups is 1. The number of carbonyl (C=O) groups excluding carboxylic acids is 2. The van der Waals surface area contributed by atoms with Gasteiger partial charge < -0.3 is 9.84 Å². The highest BCUT2D eigenvalue weighted by Gasteiger charge is 2.18. The summed E-state index contributed by atoms with van der Waals surface area (Å²) in [6.07, 6.45) is 1.28. The molecule has 3 N–H and O–H groups in total. The Balaban J connectivity index is 1.55. The molecule has 0 bridgehead atoms. The zero-order valence-corrected chi connectivity index (χ0v) is 15.8. The van der Waals surface area contributed by atoms with Crippen molar-refractivity contribution in [3.05, 3.63) is 70.7 Å². The van der Waals surface area contributed by atoms with Crippen LogP contribution in [-0.4, -0.2) is 33.3 Å². The van der Waals surface area contributed by atoms with E-state index in [4.69, 9.17) is 4.74 Å². The maximum Gasteiger partial charge on any atom is 0.294 e. The molecule has 0 fully saturated rings. The van der Waals surface area contributed by atoms with E-state index in [1.165, 1.54) is 29.1 Å². The van der Waals surface area contributed by atoms with Crippen molar-refractivity contribution in [3.8, 4) is 17.2 Å². The third-order valence-corrected chi connectivity index (χ3v) is 4.12. The first-order chi connectivity index (χ1) is 13.4. The summed E-state index contributed by atoms with van der Waals surface area (Å²) in [4.78, 5) is 23.9. The van der Waals surface area contributed by atoms with Crippen LogP contribution in [0.15, 0.2) is 59.2 Å². The largest absolute Gasteiger partial charge is 0.504 e. The molecule has 1 heterocycles. The second kappa shape index (κ2) is 8.53. The number of amides is 2. The number of rotatable bonds is 5. The number of hydrazine groups is 1. The van der Waals surface area contributed by atoms with Gasteiger partial charge in [-0.15, -0.1) is 0 Å². The quantitative estimate of drug-likeness (QED) is 0.519. The van der Waals surface area contributed by atoms with Crippen LogP contribution in [0.5, 0.6) is 11.5 Å². The van der Waals surface area contributed by atoms with Crippen LogP contribution < -0.4 is 15.6 Å². The van der Waals surface area contributed by atoms with Crippen LogP contribution in [0.3, 0.4) is 0 Å². The van der Waals surface area contributed by atoms with Crippen LogP contribution in [0.4, 0.5) is 4.39 Å². The Kier molecular flexibility index (Phi) is 5.90. The van der Waals surface area contributed by atoms with Crippen molar-refractivity contribution < 1.29 is 23.8 Å². The fraction of sp³-hybridized carbons (Fsp3) is 0.0556. The number of halogens is 2. The minimum atomic E-state index is -0.802. The van der Waals surface area contributed by atoms with E-state index in [9.17, 15) is 19.1 Å². The fourth-order valence-electron chi connectivity index (χ4n) is 2.20. The van der Waals surface area contributed by atoms with Gasteiger partial charge in [0.25, 0.3) is 11.8 Å². The van der Waals surface area contributed by atoms with Crippen molar-refractivity contribution in [3.63, 3.8) is 0 Å². The lowest BCUT2D eigenvalue weighted by molar-refractivity contribution is -0.123. The summed E-state index contributed by atoms with van der Waals surface area (Å²) in [7, 11) is 0. The third kappa shape index (κ3) is 4.65. The zero-order valence-electron chi connectivity index (χ0n) is 14.2. The predicted molar refractivity (Wildman–Crippen MR) is 100 cm³/mol. The van der Waals surface area contributed by atoms with Crippen LogP contribution in [-0.2, 0) is 4.79 Å². The molecule has 0 aliphatic heterocycles. The Morgan fingerprint density at radius 3 is 2.64 bits per heavy atom. The first-order valence-corrected chi connectivity index (χ1v) is 8.74. The maximum atomic E-state index is 13.0. The molecule has 0 atom stereocenters. The molecule has 3 aromatic rings. The lowest BCUT2D eigenvalue weighted by atomic mass is 10.3. The predicted octanol–water partition coefficient (Wildman–Crippen LogP) is 2.32. The number of nitrogens with one attached hydrogen (secondary N) is 2. The molecule has 0 aliphatic carbocycles. The first kappa shape index (κ1) is 19.4. The minimum absolute atomic E-state index is 0.258. The van der Waals surface area contributed by atoms with Gasteiger partial charge in [-0.25, -0.2) is 9.07 Å². The zero-order chi connectivity index (χ0) is 20.1. The van der Waals surface area contributed by atoms with Crippen molar-refractivity contribution >= 4 is 27.7 Å². The number of hydrogen-bond donors (Lipinski definition) is 3. The van der Waals surface area contributed by atoms with Crippen molar-refractivity contribution in [1.82, 2.24) is 20.6 Å². The van der Waals surface area contributed by atoms with E-state index in [-0.39, 0.29) is 17.2 Å². The molecule has 0 radical (unpaired) electrons. The smallest absolute Gasteiger partial charge is 0.294 e. The maximum absolute atomic E-state index is 13.0. The number of para-hydroxylation sites is 1. The minimum Gasteiger partial charge on any atom is -0.504 e. The molecular weight excluding hydrogens is 435 g/mol. The van der Waals surface area contributed by atoms with Crippen molar-refractivity contribution in [2.45, 2.75) is 0 Å². The summed E-state index contributed by atoms with van der Waals surface area (Å²) >= 11 is 3.11. The highest BCUT2D eigenvalue weighted by Crippen LogP contribution is 2.25. The molecule has 2 amide bonds. The number of benzene rings is 2. The van der Waals surface area contributed by atoms with Gasteiger partial charge in [0.1, 0.15) is 11.6 Å². The second-order valence-corrected chi connectivity index (χ2v) is 6.36. The molecule has 0 spiro atoms. The van der Waals surface area contributed by atoms with Crippen LogP contribution in [0.2, 0.25) is 0 Å². The number of carbonyl (C=O) groups is 2. The number of ether oxygens (including phenoxy) is 1. The SMILES string of the molecule is O=C(COc1ccc(F)cc1Br)NNC(=O)c1nn(-c2ccccc2)cc1O. The van der Waals surface area contributed by atoms with Gasteiger partial charge in [-0.1, -0.05) is 18.2 Å². The van der Waals surface area contributed by atoms with E-state index in [2.05, 4.69) is 31.9 Å². The molecule has 0 unspecified atom stereocenters. The van der Waals surface area contributed by atoms with Crippen LogP contribution in [0.25, 0.3) is 5.69 Å². The monoisotopic (exact) mass is 448 g/mol. The van der Waals surface area contributed by atoms with Crippen molar-refractivity contribution in [1.29, 1.82) is 0 Å². The van der Waals surface area contributed by atoms with Crippen LogP contribution in [0.1, 0.15) is 10.5 Å². The van der Waals surface area contributed by atoms with E-state index in [0.717, 1.165) is 0 Å². The van der Waals surface area contributed by atoms with Crippen LogP contribution in [0, 0.1) is 5.82 Å². The van der Waals surface area contributed by atoms with Gasteiger partial charge in [-0.3, -0.25) is 20.4 Å². The third-order valence-electron chi connectivity index (χ3n) is 3.50. The molecule has 8 nitrogen and oxygen atoms in total. The van der Waals surface area contributed by atoms with Gasteiger partial charge in [0, 0.05) is 0 Å². The van der Waals surface area contributed by atoms with Gasteiger partial charge in [0.15, 0.2) is 18.1 Å². The molecule has 0 aliphatic rings. The Morgan fingerprint density at radius 2 is 1.93 bits per heavy atom. The number of aromatic nitrogens is 2. The highest BCUT2D eigenvalue weighted by molar-refractivity contribution is 9.10. The van der Waals surface area contributed by atoms with Crippen LogP contribution >= 0.6 is 15.9 Å². The van der Waals surface area contributed by atoms with Crippen molar-refractivity contribution in [2.75, 3.05) is 6.61 Å². The topological polar surface area (TPSA) is 105 Å². The Hall–Kier alpha value is -3.40. The first-order valence-electron chi connectivity index (χ1n) is 7.95. The van der Waals surface area contributed by atoms with E-state index in [0.29, 0.717) is 10.2 Å². The molecule has 0 saturated heterocycles. The number of hydrogen-bond acceptors (Lipinski definition) is 5. The van der Waals surface area contributed by atoms with Crippen molar-refractivity contribution in [2.24, 2.45) is 0 Å². The van der Waals surface area contributed by atoms with E-state index < -0.39 is 24.2 Å². The standard InChI is InChI=1S/C18H14BrFN4O4/c19-13-8-11(20)6-7-15(13)28-10-16(26)21-22-18(27)17-14(25)9-24(23-17)12-4-2-1-3-5-12/h1-9,25H,10H2,(H,21,26)(H,22,27). The summed E-state index contributed by atoms with van der Waals surface area (Å²) in [5, 5.41) is 13.9. The molecule has 0 saturated carbocycles. The Bertz CT molecular complexity index is 1010. The molecule has 1 aromatic heterocycles. The summed E-state index contributed by atoms with van der Waals surface area (Å²) in [6, 6.07) is 12.6. The molecule has 2 aromatic carbocycles. The summed E-state index contributed by atoms with van der Waals surface area (Å²) in [5.74, 6) is -2.00. The van der Waals surface area contributed by atoms with Gasteiger partial charge in [-0.05, 0) is 46.3 Å². The highest BCUT2D eigenvalue weighted by atomic mass is 79.9. The van der Waals surface area contributed by atoms with E-state index in [1.54, 1.807) is 24.3 Å². The lowest BCUT2D eigenvalue weighted by Crippen LogP contribution is -2.44. The lowest BCUT2D eigenvalue weighted by Gasteiger charge is -2.09. The van der Waals surface area contributed by atoms with E-state index >= 15 is 0 Å². The average molecular weight is 449 g/mol. The molecule has 28 heavy (non-hydrogen) atoms. The number of nitrogens with zero attached hydrogens (tertiary/aromatic N) is 2. The summed E-state index contributed by atoms with van der Waals surface area (Å²) in [6.45, 7) is -0.422. The molecule has 144 valence electrons. The fourth-order valence-corrected chi connectivity index (χ4v) is 2.66. The summed E-state index contributed by atoms with van der Waals surface area (Å²) < 4.78 is 19.9. The molecular formula is C18H14BrFN4O4. The summed E-state index contributed by atoms with van der Waals surface area (Å²) in [5.41, 5.74) is 4.68. The Labute approximate surface area is 167 Å². The van der Waals surface area contributed by atoms with Gasteiger partial charge >= 0.3 is 0 Å². The van der Waals surface area contributed by atoms with Gasteiger partial charge in [0.05, 0.1) is 16.4 Å². The Morgan fingerprint density at radius 1 is 1.18 bits per heavy atom.